The third-order valence-corrected chi connectivity index (χ3v) is 2.79. The molecule has 5 nitrogen and oxygen atoms in total. The summed E-state index contributed by atoms with van der Waals surface area (Å²) in [5.74, 6) is -1.35. The van der Waals surface area contributed by atoms with Gasteiger partial charge in [-0.15, -0.1) is 0 Å². The quantitative estimate of drug-likeness (QED) is 0.755. The summed E-state index contributed by atoms with van der Waals surface area (Å²) in [5, 5.41) is 5.08. The average Bonchev–Trinajstić information content (AvgIpc) is 2.45. The number of halogens is 1. The highest BCUT2D eigenvalue weighted by Gasteiger charge is 2.10. The van der Waals surface area contributed by atoms with Gasteiger partial charge in [0, 0.05) is 29.5 Å². The van der Waals surface area contributed by atoms with Gasteiger partial charge in [0.25, 0.3) is 11.8 Å². The zero-order chi connectivity index (χ0) is 15.4. The van der Waals surface area contributed by atoms with Crippen LogP contribution in [0.3, 0.4) is 0 Å². The van der Waals surface area contributed by atoms with Gasteiger partial charge < -0.3 is 16.4 Å². The molecule has 2 aromatic rings. The molecule has 2 rings (SSSR count). The van der Waals surface area contributed by atoms with Gasteiger partial charge in [-0.2, -0.15) is 0 Å². The lowest BCUT2D eigenvalue weighted by molar-refractivity contribution is 0.0961. The van der Waals surface area contributed by atoms with Crippen molar-refractivity contribution in [3.8, 4) is 0 Å². The lowest BCUT2D eigenvalue weighted by atomic mass is 10.1. The smallest absolute Gasteiger partial charge is 0.255 e. The summed E-state index contributed by atoms with van der Waals surface area (Å²) in [6.45, 7) is 0. The Labute approximate surface area is 121 Å². The number of hydrogen-bond donors (Lipinski definition) is 3. The van der Waals surface area contributed by atoms with Crippen molar-refractivity contribution in [3.63, 3.8) is 0 Å². The van der Waals surface area contributed by atoms with E-state index in [9.17, 15) is 14.0 Å². The van der Waals surface area contributed by atoms with E-state index in [0.717, 1.165) is 12.1 Å². The summed E-state index contributed by atoms with van der Waals surface area (Å²) in [6, 6.07) is 10.0. The van der Waals surface area contributed by atoms with Crippen LogP contribution in [0.5, 0.6) is 0 Å². The van der Waals surface area contributed by atoms with Crippen LogP contribution in [0, 0.1) is 5.82 Å². The molecule has 0 aliphatic rings. The van der Waals surface area contributed by atoms with E-state index in [1.807, 2.05) is 0 Å². The molecule has 0 aliphatic heterocycles. The summed E-state index contributed by atoms with van der Waals surface area (Å²) in [4.78, 5) is 23.6. The molecule has 0 heterocycles. The maximum atomic E-state index is 13.2. The van der Waals surface area contributed by atoms with E-state index in [1.54, 1.807) is 18.2 Å². The Kier molecular flexibility index (Phi) is 4.18. The first-order valence-electron chi connectivity index (χ1n) is 6.19. The molecule has 0 unspecified atom stereocenters. The number of rotatable bonds is 3. The SMILES string of the molecule is CNC(=O)c1cccc(NC(=O)c2cc(N)cc(F)c2)c1. The highest BCUT2D eigenvalue weighted by molar-refractivity contribution is 6.05. The van der Waals surface area contributed by atoms with Gasteiger partial charge in [0.2, 0.25) is 0 Å². The van der Waals surface area contributed by atoms with Crippen LogP contribution in [0.15, 0.2) is 42.5 Å². The number of nitrogens with one attached hydrogen (secondary N) is 2. The molecule has 2 aromatic carbocycles. The molecule has 0 bridgehead atoms. The molecule has 0 saturated carbocycles. The summed E-state index contributed by atoms with van der Waals surface area (Å²) in [5.41, 5.74) is 6.62. The Hall–Kier alpha value is -2.89. The minimum absolute atomic E-state index is 0.109. The zero-order valence-corrected chi connectivity index (χ0v) is 11.3. The summed E-state index contributed by atoms with van der Waals surface area (Å²) < 4.78 is 13.2. The first-order valence-corrected chi connectivity index (χ1v) is 6.19. The number of anilines is 2. The highest BCUT2D eigenvalue weighted by atomic mass is 19.1. The van der Waals surface area contributed by atoms with Gasteiger partial charge in [-0.1, -0.05) is 6.07 Å². The number of carbonyl (C=O) groups is 2. The van der Waals surface area contributed by atoms with E-state index in [0.29, 0.717) is 11.3 Å². The fourth-order valence-electron chi connectivity index (χ4n) is 1.83. The van der Waals surface area contributed by atoms with Crippen molar-refractivity contribution in [3.05, 3.63) is 59.4 Å². The van der Waals surface area contributed by atoms with Gasteiger partial charge in [0.15, 0.2) is 0 Å². The predicted molar refractivity (Wildman–Crippen MR) is 78.6 cm³/mol. The molecule has 108 valence electrons. The van der Waals surface area contributed by atoms with Crippen LogP contribution in [0.4, 0.5) is 15.8 Å². The third kappa shape index (κ3) is 3.56. The van der Waals surface area contributed by atoms with E-state index >= 15 is 0 Å². The molecule has 0 radical (unpaired) electrons. The first-order chi connectivity index (χ1) is 9.99. The van der Waals surface area contributed by atoms with Crippen LogP contribution in [-0.2, 0) is 0 Å². The molecule has 0 saturated heterocycles. The molecule has 0 aliphatic carbocycles. The molecule has 0 atom stereocenters. The Bertz CT molecular complexity index is 681. The van der Waals surface area contributed by atoms with Crippen LogP contribution in [0.2, 0.25) is 0 Å². The van der Waals surface area contributed by atoms with Crippen LogP contribution >= 0.6 is 0 Å². The van der Waals surface area contributed by atoms with Gasteiger partial charge in [0.1, 0.15) is 5.82 Å². The fourth-order valence-corrected chi connectivity index (χ4v) is 1.83. The van der Waals surface area contributed by atoms with E-state index in [1.165, 1.54) is 19.2 Å². The number of hydrogen-bond acceptors (Lipinski definition) is 3. The molecule has 0 aromatic heterocycles. The molecule has 2 amide bonds. The fraction of sp³-hybridized carbons (Fsp3) is 0.0667. The van der Waals surface area contributed by atoms with Gasteiger partial charge in [-0.25, -0.2) is 4.39 Å². The molecular weight excluding hydrogens is 273 g/mol. The van der Waals surface area contributed by atoms with Crippen molar-refractivity contribution in [2.45, 2.75) is 0 Å². The van der Waals surface area contributed by atoms with Crippen LogP contribution in [0.25, 0.3) is 0 Å². The molecule has 21 heavy (non-hydrogen) atoms. The second-order valence-electron chi connectivity index (χ2n) is 4.39. The topological polar surface area (TPSA) is 84.2 Å². The van der Waals surface area contributed by atoms with Crippen molar-refractivity contribution < 1.29 is 14.0 Å². The normalized spacial score (nSPS) is 10.0. The van der Waals surface area contributed by atoms with E-state index in [4.69, 9.17) is 5.73 Å². The van der Waals surface area contributed by atoms with Crippen molar-refractivity contribution in [1.82, 2.24) is 5.32 Å². The van der Waals surface area contributed by atoms with Crippen molar-refractivity contribution in [2.24, 2.45) is 0 Å². The van der Waals surface area contributed by atoms with Crippen LogP contribution in [0.1, 0.15) is 20.7 Å². The lowest BCUT2D eigenvalue weighted by Crippen LogP contribution is -2.18. The van der Waals surface area contributed by atoms with Gasteiger partial charge in [-0.3, -0.25) is 9.59 Å². The summed E-state index contributed by atoms with van der Waals surface area (Å²) in [6.07, 6.45) is 0. The Morgan fingerprint density at radius 1 is 1.05 bits per heavy atom. The van der Waals surface area contributed by atoms with Crippen molar-refractivity contribution >= 4 is 23.2 Å². The van der Waals surface area contributed by atoms with Crippen molar-refractivity contribution in [1.29, 1.82) is 0 Å². The lowest BCUT2D eigenvalue weighted by Gasteiger charge is -2.08. The Balaban J connectivity index is 2.21. The third-order valence-electron chi connectivity index (χ3n) is 2.79. The molecule has 6 heteroatoms. The molecule has 0 spiro atoms. The van der Waals surface area contributed by atoms with E-state index < -0.39 is 11.7 Å². The van der Waals surface area contributed by atoms with Crippen molar-refractivity contribution in [2.75, 3.05) is 18.1 Å². The number of nitrogen functional groups attached to an aromatic ring is 1. The standard InChI is InChI=1S/C15H14FN3O2/c1-18-14(20)9-3-2-4-13(7-9)19-15(21)10-5-11(16)8-12(17)6-10/h2-8H,17H2,1H3,(H,18,20)(H,19,21). The first kappa shape index (κ1) is 14.5. The number of carbonyl (C=O) groups excluding carboxylic acids is 2. The van der Waals surface area contributed by atoms with Crippen LogP contribution < -0.4 is 16.4 Å². The second kappa shape index (κ2) is 6.04. The van der Waals surface area contributed by atoms with Gasteiger partial charge >= 0.3 is 0 Å². The Morgan fingerprint density at radius 3 is 2.48 bits per heavy atom. The minimum Gasteiger partial charge on any atom is -0.399 e. The largest absolute Gasteiger partial charge is 0.399 e. The molecule has 4 N–H and O–H groups in total. The second-order valence-corrected chi connectivity index (χ2v) is 4.39. The minimum atomic E-state index is -0.584. The number of benzene rings is 2. The zero-order valence-electron chi connectivity index (χ0n) is 11.3. The molecular formula is C15H14FN3O2. The monoisotopic (exact) mass is 287 g/mol. The van der Waals surface area contributed by atoms with Gasteiger partial charge in [0.05, 0.1) is 0 Å². The highest BCUT2D eigenvalue weighted by Crippen LogP contribution is 2.15. The predicted octanol–water partition coefficient (Wildman–Crippen LogP) is 2.02. The maximum absolute atomic E-state index is 13.2. The number of nitrogens with two attached hydrogens (primary N) is 1. The molecule has 0 fully saturated rings. The Morgan fingerprint density at radius 2 is 1.81 bits per heavy atom. The average molecular weight is 287 g/mol. The number of amides is 2. The summed E-state index contributed by atoms with van der Waals surface area (Å²) >= 11 is 0. The van der Waals surface area contributed by atoms with Crippen LogP contribution in [-0.4, -0.2) is 18.9 Å². The van der Waals surface area contributed by atoms with Gasteiger partial charge in [-0.05, 0) is 36.4 Å². The van der Waals surface area contributed by atoms with E-state index in [2.05, 4.69) is 10.6 Å². The van der Waals surface area contributed by atoms with E-state index in [-0.39, 0.29) is 17.2 Å². The summed E-state index contributed by atoms with van der Waals surface area (Å²) in [7, 11) is 1.52. The maximum Gasteiger partial charge on any atom is 0.255 e.